The van der Waals surface area contributed by atoms with Gasteiger partial charge in [-0.25, -0.2) is 0 Å². The second kappa shape index (κ2) is 7.27. The number of para-hydroxylation sites is 1. The van der Waals surface area contributed by atoms with Crippen LogP contribution in [0.4, 0.5) is 22.7 Å². The Bertz CT molecular complexity index is 940. The van der Waals surface area contributed by atoms with Gasteiger partial charge in [0.2, 0.25) is 0 Å². The second-order valence-corrected chi connectivity index (χ2v) is 7.08. The molecule has 128 valence electrons. The van der Waals surface area contributed by atoms with Crippen LogP contribution in [0.1, 0.15) is 0 Å². The van der Waals surface area contributed by atoms with E-state index in [0.717, 1.165) is 29.0 Å². The summed E-state index contributed by atoms with van der Waals surface area (Å²) in [6.07, 6.45) is 1.02. The van der Waals surface area contributed by atoms with Crippen LogP contribution in [0.15, 0.2) is 78.9 Å². The van der Waals surface area contributed by atoms with Crippen LogP contribution in [-0.4, -0.2) is 14.7 Å². The van der Waals surface area contributed by atoms with E-state index in [1.165, 1.54) is 0 Å². The summed E-state index contributed by atoms with van der Waals surface area (Å²) < 4.78 is 27.3. The molecule has 5 nitrogen and oxygen atoms in total. The molecule has 0 aliphatic heterocycles. The molecule has 3 aromatic rings. The quantitative estimate of drug-likeness (QED) is 0.638. The molecule has 0 aromatic heterocycles. The summed E-state index contributed by atoms with van der Waals surface area (Å²) >= 11 is 0. The van der Waals surface area contributed by atoms with E-state index in [9.17, 15) is 8.42 Å². The van der Waals surface area contributed by atoms with Gasteiger partial charge in [-0.2, -0.15) is 8.42 Å². The van der Waals surface area contributed by atoms with Gasteiger partial charge in [0.15, 0.2) is 0 Å². The molecule has 0 amide bonds. The van der Waals surface area contributed by atoms with Crippen LogP contribution in [0.3, 0.4) is 0 Å². The Morgan fingerprint density at radius 1 is 0.680 bits per heavy atom. The number of hydrogen-bond donors (Lipinski definition) is 2. The molecule has 0 radical (unpaired) electrons. The number of benzene rings is 3. The van der Waals surface area contributed by atoms with Gasteiger partial charge < -0.3 is 14.8 Å². The zero-order valence-corrected chi connectivity index (χ0v) is 14.5. The number of nitrogens with one attached hydrogen (secondary N) is 2. The highest BCUT2D eigenvalue weighted by Gasteiger charge is 2.05. The van der Waals surface area contributed by atoms with Crippen molar-refractivity contribution in [3.05, 3.63) is 78.9 Å². The van der Waals surface area contributed by atoms with Crippen molar-refractivity contribution in [1.82, 2.24) is 0 Å². The van der Waals surface area contributed by atoms with Crippen molar-refractivity contribution in [2.24, 2.45) is 0 Å². The highest BCUT2D eigenvalue weighted by atomic mass is 32.2. The molecule has 0 bridgehead atoms. The van der Waals surface area contributed by atoms with E-state index in [1.54, 1.807) is 18.2 Å². The summed E-state index contributed by atoms with van der Waals surface area (Å²) in [5.41, 5.74) is 3.62. The SMILES string of the molecule is CS(=O)(=O)Oc1cccc(Nc2ccc(Nc3ccccc3)cc2)c1. The van der Waals surface area contributed by atoms with E-state index < -0.39 is 10.1 Å². The maximum absolute atomic E-state index is 11.2. The van der Waals surface area contributed by atoms with E-state index in [0.29, 0.717) is 0 Å². The Kier molecular flexibility index (Phi) is 4.90. The second-order valence-electron chi connectivity index (χ2n) is 5.51. The summed E-state index contributed by atoms with van der Waals surface area (Å²) in [6, 6.07) is 24.5. The van der Waals surface area contributed by atoms with Crippen molar-refractivity contribution in [3.8, 4) is 5.75 Å². The van der Waals surface area contributed by atoms with Gasteiger partial charge in [-0.05, 0) is 48.5 Å². The number of anilines is 4. The van der Waals surface area contributed by atoms with Crippen molar-refractivity contribution < 1.29 is 12.6 Å². The van der Waals surface area contributed by atoms with Crippen LogP contribution in [-0.2, 0) is 10.1 Å². The Balaban J connectivity index is 1.68. The Labute approximate surface area is 147 Å². The average Bonchev–Trinajstić information content (AvgIpc) is 2.56. The predicted octanol–water partition coefficient (Wildman–Crippen LogP) is 4.51. The molecule has 0 saturated carbocycles. The van der Waals surface area contributed by atoms with E-state index in [4.69, 9.17) is 4.18 Å². The van der Waals surface area contributed by atoms with Crippen molar-refractivity contribution in [3.63, 3.8) is 0 Å². The predicted molar refractivity (Wildman–Crippen MR) is 101 cm³/mol. The molecule has 6 heteroatoms. The van der Waals surface area contributed by atoms with Crippen LogP contribution < -0.4 is 14.8 Å². The molecule has 0 aliphatic rings. The monoisotopic (exact) mass is 354 g/mol. The summed E-state index contributed by atoms with van der Waals surface area (Å²) in [6.45, 7) is 0. The molecule has 2 N–H and O–H groups in total. The molecule has 0 saturated heterocycles. The topological polar surface area (TPSA) is 67.4 Å². The summed E-state index contributed by atoms with van der Waals surface area (Å²) in [5, 5.41) is 6.53. The Morgan fingerprint density at radius 3 is 1.80 bits per heavy atom. The molecule has 0 fully saturated rings. The molecule has 0 aliphatic carbocycles. The van der Waals surface area contributed by atoms with E-state index in [-0.39, 0.29) is 5.75 Å². The maximum atomic E-state index is 11.2. The van der Waals surface area contributed by atoms with Gasteiger partial charge in [0.25, 0.3) is 0 Å². The molecule has 0 heterocycles. The van der Waals surface area contributed by atoms with Gasteiger partial charge in [-0.3, -0.25) is 0 Å². The fraction of sp³-hybridized carbons (Fsp3) is 0.0526. The largest absolute Gasteiger partial charge is 0.383 e. The smallest absolute Gasteiger partial charge is 0.306 e. The normalized spacial score (nSPS) is 10.9. The fourth-order valence-electron chi connectivity index (χ4n) is 2.29. The minimum absolute atomic E-state index is 0.273. The summed E-state index contributed by atoms with van der Waals surface area (Å²) in [5.74, 6) is 0.273. The molecule has 0 unspecified atom stereocenters. The maximum Gasteiger partial charge on any atom is 0.306 e. The first-order valence-corrected chi connectivity index (χ1v) is 9.48. The van der Waals surface area contributed by atoms with E-state index in [2.05, 4.69) is 10.6 Å². The van der Waals surface area contributed by atoms with Gasteiger partial charge in [-0.15, -0.1) is 0 Å². The lowest BCUT2D eigenvalue weighted by Gasteiger charge is -2.10. The highest BCUT2D eigenvalue weighted by Crippen LogP contribution is 2.24. The van der Waals surface area contributed by atoms with Crippen LogP contribution in [0.2, 0.25) is 0 Å². The standard InChI is InChI=1S/C19H18N2O3S/c1-25(22,23)24-19-9-5-8-18(14-19)21-17-12-10-16(11-13-17)20-15-6-3-2-4-7-15/h2-14,20-21H,1H3. The molecular weight excluding hydrogens is 336 g/mol. The van der Waals surface area contributed by atoms with E-state index >= 15 is 0 Å². The fourth-order valence-corrected chi connectivity index (χ4v) is 2.75. The van der Waals surface area contributed by atoms with Crippen LogP contribution in [0.25, 0.3) is 0 Å². The van der Waals surface area contributed by atoms with Gasteiger partial charge >= 0.3 is 10.1 Å². The summed E-state index contributed by atoms with van der Waals surface area (Å²) in [7, 11) is -3.54. The average molecular weight is 354 g/mol. The third-order valence-corrected chi connectivity index (χ3v) is 3.81. The number of rotatable bonds is 6. The lowest BCUT2D eigenvalue weighted by molar-refractivity contribution is 0.493. The van der Waals surface area contributed by atoms with Crippen LogP contribution >= 0.6 is 0 Å². The first-order chi connectivity index (χ1) is 12.0. The Hall–Kier alpha value is -2.99. The van der Waals surface area contributed by atoms with Gasteiger partial charge in [0.1, 0.15) is 5.75 Å². The molecule has 3 aromatic carbocycles. The first kappa shape index (κ1) is 16.9. The van der Waals surface area contributed by atoms with Gasteiger partial charge in [0, 0.05) is 28.8 Å². The minimum Gasteiger partial charge on any atom is -0.383 e. The third kappa shape index (κ3) is 5.26. The van der Waals surface area contributed by atoms with Gasteiger partial charge in [-0.1, -0.05) is 24.3 Å². The highest BCUT2D eigenvalue weighted by molar-refractivity contribution is 7.86. The summed E-state index contributed by atoms with van der Waals surface area (Å²) in [4.78, 5) is 0. The lowest BCUT2D eigenvalue weighted by Crippen LogP contribution is -2.05. The molecule has 0 spiro atoms. The van der Waals surface area contributed by atoms with Crippen molar-refractivity contribution in [2.75, 3.05) is 16.9 Å². The zero-order chi connectivity index (χ0) is 17.7. The van der Waals surface area contributed by atoms with Crippen molar-refractivity contribution >= 4 is 32.9 Å². The molecule has 0 atom stereocenters. The van der Waals surface area contributed by atoms with Crippen LogP contribution in [0, 0.1) is 0 Å². The minimum atomic E-state index is -3.54. The zero-order valence-electron chi connectivity index (χ0n) is 13.6. The van der Waals surface area contributed by atoms with Crippen LogP contribution in [0.5, 0.6) is 5.75 Å². The lowest BCUT2D eigenvalue weighted by atomic mass is 10.2. The molecular formula is C19H18N2O3S. The Morgan fingerprint density at radius 2 is 1.20 bits per heavy atom. The molecule has 3 rings (SSSR count). The van der Waals surface area contributed by atoms with Gasteiger partial charge in [0.05, 0.1) is 6.26 Å². The van der Waals surface area contributed by atoms with Crippen molar-refractivity contribution in [2.45, 2.75) is 0 Å². The van der Waals surface area contributed by atoms with Crippen molar-refractivity contribution in [1.29, 1.82) is 0 Å². The number of hydrogen-bond acceptors (Lipinski definition) is 5. The van der Waals surface area contributed by atoms with E-state index in [1.807, 2.05) is 60.7 Å². The third-order valence-electron chi connectivity index (χ3n) is 3.32. The molecule has 25 heavy (non-hydrogen) atoms. The first-order valence-electron chi connectivity index (χ1n) is 7.67.